The van der Waals surface area contributed by atoms with Crippen molar-refractivity contribution < 1.29 is 4.79 Å². The Kier molecular flexibility index (Phi) is 1.95. The van der Waals surface area contributed by atoms with Gasteiger partial charge in [-0.15, -0.1) is 0 Å². The van der Waals surface area contributed by atoms with Crippen LogP contribution in [0.25, 0.3) is 0 Å². The molecule has 1 aliphatic heterocycles. The Bertz CT molecular complexity index is 366. The molecule has 1 aromatic heterocycles. The van der Waals surface area contributed by atoms with Crippen LogP contribution in [-0.2, 0) is 6.42 Å². The van der Waals surface area contributed by atoms with E-state index in [0.29, 0.717) is 12.4 Å². The average molecular weight is 242 g/mol. The predicted molar refractivity (Wildman–Crippen MR) is 52.6 cm³/mol. The summed E-state index contributed by atoms with van der Waals surface area (Å²) in [6.07, 6.45) is 2.49. The lowest BCUT2D eigenvalue weighted by molar-refractivity contribution is 0.254. The van der Waals surface area contributed by atoms with Crippen LogP contribution < -0.4 is 10.6 Å². The molecule has 2 N–H and O–H groups in total. The van der Waals surface area contributed by atoms with Crippen molar-refractivity contribution in [3.63, 3.8) is 0 Å². The first-order valence-electron chi connectivity index (χ1n) is 3.90. The quantitative estimate of drug-likeness (QED) is 0.745. The number of aromatic nitrogens is 1. The number of pyridine rings is 1. The highest BCUT2D eigenvalue weighted by Crippen LogP contribution is 2.27. The monoisotopic (exact) mass is 241 g/mol. The summed E-state index contributed by atoms with van der Waals surface area (Å²) in [4.78, 5) is 16.6. The third kappa shape index (κ3) is 1.39. The first-order chi connectivity index (χ1) is 6.18. The summed E-state index contributed by atoms with van der Waals surface area (Å²) in [7, 11) is 0. The van der Waals surface area contributed by atoms with E-state index in [-0.39, 0.29) is 0 Å². The first kappa shape index (κ1) is 8.50. The number of fused-ring (bicyclic) bond motifs is 1. The maximum absolute atomic E-state index is 10.9. The third-order valence-electron chi connectivity index (χ3n) is 2.04. The molecular formula is C8H8BrN3O. The van der Waals surface area contributed by atoms with Crippen LogP contribution in [0.4, 0.5) is 10.6 Å². The van der Waals surface area contributed by atoms with Crippen molar-refractivity contribution in [2.75, 3.05) is 11.4 Å². The Hall–Kier alpha value is -1.10. The van der Waals surface area contributed by atoms with Gasteiger partial charge in [0.25, 0.3) is 0 Å². The number of anilines is 1. The van der Waals surface area contributed by atoms with Crippen LogP contribution in [-0.4, -0.2) is 17.6 Å². The largest absolute Gasteiger partial charge is 0.351 e. The van der Waals surface area contributed by atoms with Crippen molar-refractivity contribution in [1.82, 2.24) is 4.98 Å². The van der Waals surface area contributed by atoms with Gasteiger partial charge in [0.1, 0.15) is 5.82 Å². The standard InChI is InChI=1S/C8H8BrN3O/c9-6-3-5-1-2-12(8(10)13)7(5)11-4-6/h3-4H,1-2H2,(H2,10,13). The summed E-state index contributed by atoms with van der Waals surface area (Å²) in [5, 5.41) is 0. The molecule has 0 fully saturated rings. The van der Waals surface area contributed by atoms with Gasteiger partial charge in [0.05, 0.1) is 0 Å². The minimum Gasteiger partial charge on any atom is -0.351 e. The van der Waals surface area contributed by atoms with Crippen molar-refractivity contribution in [2.45, 2.75) is 6.42 Å². The van der Waals surface area contributed by atoms with Crippen molar-refractivity contribution >= 4 is 27.8 Å². The zero-order valence-electron chi connectivity index (χ0n) is 6.83. The Labute approximate surface area is 83.9 Å². The smallest absolute Gasteiger partial charge is 0.320 e. The number of halogens is 1. The molecule has 2 heterocycles. The molecule has 1 aromatic rings. The predicted octanol–water partition coefficient (Wildman–Crippen LogP) is 1.29. The van der Waals surface area contributed by atoms with Gasteiger partial charge in [-0.05, 0) is 34.0 Å². The molecule has 0 aliphatic carbocycles. The van der Waals surface area contributed by atoms with Crippen molar-refractivity contribution in [3.8, 4) is 0 Å². The number of amides is 2. The highest BCUT2D eigenvalue weighted by molar-refractivity contribution is 9.10. The van der Waals surface area contributed by atoms with Crippen molar-refractivity contribution in [2.24, 2.45) is 5.73 Å². The van der Waals surface area contributed by atoms with Gasteiger partial charge in [-0.1, -0.05) is 0 Å². The van der Waals surface area contributed by atoms with Gasteiger partial charge < -0.3 is 5.73 Å². The van der Waals surface area contributed by atoms with E-state index in [1.165, 1.54) is 4.90 Å². The second-order valence-electron chi connectivity index (χ2n) is 2.88. The molecule has 0 saturated heterocycles. The maximum Gasteiger partial charge on any atom is 0.320 e. The minimum absolute atomic E-state index is 0.437. The summed E-state index contributed by atoms with van der Waals surface area (Å²) in [6.45, 7) is 0.633. The summed E-state index contributed by atoms with van der Waals surface area (Å²) < 4.78 is 0.928. The van der Waals surface area contributed by atoms with Crippen LogP contribution in [0.5, 0.6) is 0 Å². The van der Waals surface area contributed by atoms with E-state index in [9.17, 15) is 4.79 Å². The molecule has 0 bridgehead atoms. The van der Waals surface area contributed by atoms with Gasteiger partial charge in [-0.2, -0.15) is 0 Å². The Morgan fingerprint density at radius 1 is 1.69 bits per heavy atom. The molecule has 0 spiro atoms. The topological polar surface area (TPSA) is 59.2 Å². The van der Waals surface area contributed by atoms with Gasteiger partial charge in [0.2, 0.25) is 0 Å². The number of rotatable bonds is 0. The number of urea groups is 1. The first-order valence-corrected chi connectivity index (χ1v) is 4.69. The van der Waals surface area contributed by atoms with E-state index in [2.05, 4.69) is 20.9 Å². The lowest BCUT2D eigenvalue weighted by Gasteiger charge is -2.11. The SMILES string of the molecule is NC(=O)N1CCc2cc(Br)cnc21. The summed E-state index contributed by atoms with van der Waals surface area (Å²) in [5.74, 6) is 0.690. The van der Waals surface area contributed by atoms with Gasteiger partial charge in [0.15, 0.2) is 0 Å². The molecule has 1 aliphatic rings. The fraction of sp³-hybridized carbons (Fsp3) is 0.250. The zero-order chi connectivity index (χ0) is 9.42. The molecule has 2 amide bonds. The Morgan fingerprint density at radius 3 is 3.15 bits per heavy atom. The molecule has 0 aromatic carbocycles. The second kappa shape index (κ2) is 2.99. The molecule has 0 saturated carbocycles. The van der Waals surface area contributed by atoms with E-state index >= 15 is 0 Å². The molecule has 0 radical (unpaired) electrons. The van der Waals surface area contributed by atoms with Crippen LogP contribution in [0.15, 0.2) is 16.7 Å². The number of nitrogens with two attached hydrogens (primary N) is 1. The summed E-state index contributed by atoms with van der Waals surface area (Å²) in [5.41, 5.74) is 6.25. The number of nitrogens with zero attached hydrogens (tertiary/aromatic N) is 2. The summed E-state index contributed by atoms with van der Waals surface area (Å²) in [6, 6.07) is 1.53. The van der Waals surface area contributed by atoms with Gasteiger partial charge in [-0.3, -0.25) is 4.90 Å². The number of hydrogen-bond donors (Lipinski definition) is 1. The average Bonchev–Trinajstić information content (AvgIpc) is 2.46. The number of carbonyl (C=O) groups is 1. The van der Waals surface area contributed by atoms with E-state index in [1.807, 2.05) is 6.07 Å². The fourth-order valence-electron chi connectivity index (χ4n) is 1.45. The van der Waals surface area contributed by atoms with Crippen LogP contribution in [0.3, 0.4) is 0 Å². The number of hydrogen-bond acceptors (Lipinski definition) is 2. The second-order valence-corrected chi connectivity index (χ2v) is 3.79. The van der Waals surface area contributed by atoms with E-state index < -0.39 is 6.03 Å². The lowest BCUT2D eigenvalue weighted by atomic mass is 10.2. The van der Waals surface area contributed by atoms with Crippen molar-refractivity contribution in [1.29, 1.82) is 0 Å². The van der Waals surface area contributed by atoms with Crippen LogP contribution in [0.1, 0.15) is 5.56 Å². The van der Waals surface area contributed by atoms with Crippen LogP contribution in [0.2, 0.25) is 0 Å². The normalized spacial score (nSPS) is 14.4. The van der Waals surface area contributed by atoms with E-state index in [1.54, 1.807) is 6.20 Å². The summed E-state index contributed by atoms with van der Waals surface area (Å²) >= 11 is 3.32. The molecule has 4 nitrogen and oxygen atoms in total. The number of carbonyl (C=O) groups excluding carboxylic acids is 1. The van der Waals surface area contributed by atoms with Gasteiger partial charge in [-0.25, -0.2) is 9.78 Å². The van der Waals surface area contributed by atoms with Gasteiger partial charge >= 0.3 is 6.03 Å². The van der Waals surface area contributed by atoms with E-state index in [4.69, 9.17) is 5.73 Å². The molecule has 5 heteroatoms. The Balaban J connectivity index is 2.44. The molecule has 13 heavy (non-hydrogen) atoms. The molecular weight excluding hydrogens is 234 g/mol. The fourth-order valence-corrected chi connectivity index (χ4v) is 1.83. The molecule has 2 rings (SSSR count). The highest BCUT2D eigenvalue weighted by Gasteiger charge is 2.23. The molecule has 68 valence electrons. The maximum atomic E-state index is 10.9. The van der Waals surface area contributed by atoms with Crippen LogP contribution >= 0.6 is 15.9 Å². The minimum atomic E-state index is -0.437. The Morgan fingerprint density at radius 2 is 2.46 bits per heavy atom. The third-order valence-corrected chi connectivity index (χ3v) is 2.47. The number of primary amides is 1. The van der Waals surface area contributed by atoms with Crippen molar-refractivity contribution in [3.05, 3.63) is 22.3 Å². The lowest BCUT2D eigenvalue weighted by Crippen LogP contribution is -2.34. The van der Waals surface area contributed by atoms with E-state index in [0.717, 1.165) is 16.5 Å². The zero-order valence-corrected chi connectivity index (χ0v) is 8.41. The molecule has 0 atom stereocenters. The molecule has 0 unspecified atom stereocenters. The highest BCUT2D eigenvalue weighted by atomic mass is 79.9. The van der Waals surface area contributed by atoms with Gasteiger partial charge in [0, 0.05) is 17.2 Å². The van der Waals surface area contributed by atoms with Crippen LogP contribution in [0, 0.1) is 0 Å².